The molecular weight excluding hydrogens is 222 g/mol. The summed E-state index contributed by atoms with van der Waals surface area (Å²) in [4.78, 5) is 2.17. The van der Waals surface area contributed by atoms with E-state index in [4.69, 9.17) is 0 Å². The van der Waals surface area contributed by atoms with Crippen LogP contribution in [0.2, 0.25) is 0 Å². The fourth-order valence-electron chi connectivity index (χ4n) is 2.95. The van der Waals surface area contributed by atoms with Gasteiger partial charge in [-0.05, 0) is 35.2 Å². The largest absolute Gasteiger partial charge is 0.381 e. The highest BCUT2D eigenvalue weighted by atomic mass is 16.3. The van der Waals surface area contributed by atoms with Crippen molar-refractivity contribution in [3.05, 3.63) is 48.0 Å². The Morgan fingerprint density at radius 1 is 1.06 bits per heavy atom. The van der Waals surface area contributed by atoms with Gasteiger partial charge in [0, 0.05) is 12.6 Å². The summed E-state index contributed by atoms with van der Waals surface area (Å²) in [5.41, 5.74) is 1.34. The quantitative estimate of drug-likeness (QED) is 0.872. The minimum atomic E-state index is 0.164. The summed E-state index contributed by atoms with van der Waals surface area (Å²) in [7, 11) is 0. The third-order valence-corrected chi connectivity index (χ3v) is 3.95. The van der Waals surface area contributed by atoms with Crippen molar-refractivity contribution >= 4 is 10.8 Å². The number of aliphatic hydroxyl groups excluding tert-OH is 1. The smallest absolute Gasteiger partial charge is 0.0961 e. The summed E-state index contributed by atoms with van der Waals surface area (Å²) < 4.78 is 0. The molecule has 2 heteroatoms. The number of fused-ring (bicyclic) bond motifs is 1. The van der Waals surface area contributed by atoms with Crippen LogP contribution in [-0.4, -0.2) is 23.3 Å². The Hall–Kier alpha value is -1.38. The summed E-state index contributed by atoms with van der Waals surface area (Å²) in [6.07, 6.45) is 3.61. The molecule has 1 fully saturated rings. The average molecular weight is 241 g/mol. The molecule has 1 unspecified atom stereocenters. The van der Waals surface area contributed by atoms with Crippen molar-refractivity contribution in [3.63, 3.8) is 0 Å². The second-order valence-corrected chi connectivity index (χ2v) is 5.07. The van der Waals surface area contributed by atoms with E-state index in [1.165, 1.54) is 29.2 Å². The van der Waals surface area contributed by atoms with Crippen LogP contribution in [0, 0.1) is 0 Å². The molecule has 2 aromatic rings. The number of benzene rings is 2. The van der Waals surface area contributed by atoms with Gasteiger partial charge >= 0.3 is 0 Å². The molecule has 1 aliphatic rings. The molecule has 0 saturated carbocycles. The number of rotatable bonds is 2. The lowest BCUT2D eigenvalue weighted by Crippen LogP contribution is -2.34. The van der Waals surface area contributed by atoms with Gasteiger partial charge in [0.25, 0.3) is 0 Å². The van der Waals surface area contributed by atoms with E-state index in [1.807, 2.05) is 0 Å². The van der Waals surface area contributed by atoms with Gasteiger partial charge in [-0.3, -0.25) is 4.90 Å². The van der Waals surface area contributed by atoms with Gasteiger partial charge < -0.3 is 5.11 Å². The predicted octanol–water partition coefficient (Wildman–Crippen LogP) is 3.32. The van der Waals surface area contributed by atoms with Crippen molar-refractivity contribution < 1.29 is 5.11 Å². The molecule has 0 aromatic heterocycles. The van der Waals surface area contributed by atoms with E-state index in [0.29, 0.717) is 6.04 Å². The van der Waals surface area contributed by atoms with Crippen LogP contribution in [0.4, 0.5) is 0 Å². The zero-order valence-corrected chi connectivity index (χ0v) is 10.5. The molecule has 1 heterocycles. The number of hydrogen-bond acceptors (Lipinski definition) is 2. The molecular formula is C16H19NO. The number of nitrogens with zero attached hydrogens (tertiary/aromatic N) is 1. The third-order valence-electron chi connectivity index (χ3n) is 3.95. The van der Waals surface area contributed by atoms with Gasteiger partial charge in [0.05, 0.1) is 6.73 Å². The van der Waals surface area contributed by atoms with Crippen molar-refractivity contribution in [3.8, 4) is 0 Å². The Morgan fingerprint density at radius 2 is 1.89 bits per heavy atom. The summed E-state index contributed by atoms with van der Waals surface area (Å²) >= 11 is 0. The predicted molar refractivity (Wildman–Crippen MR) is 74.3 cm³/mol. The highest BCUT2D eigenvalue weighted by Crippen LogP contribution is 2.31. The van der Waals surface area contributed by atoms with Crippen LogP contribution in [0.3, 0.4) is 0 Å². The highest BCUT2D eigenvalue weighted by molar-refractivity contribution is 5.83. The zero-order valence-electron chi connectivity index (χ0n) is 10.5. The van der Waals surface area contributed by atoms with E-state index < -0.39 is 0 Å². The van der Waals surface area contributed by atoms with Crippen LogP contribution in [0.5, 0.6) is 0 Å². The summed E-state index contributed by atoms with van der Waals surface area (Å²) in [5.74, 6) is 0. The Labute approximate surface area is 108 Å². The van der Waals surface area contributed by atoms with Gasteiger partial charge in [-0.2, -0.15) is 0 Å². The zero-order chi connectivity index (χ0) is 12.4. The molecule has 0 bridgehead atoms. The number of hydrogen-bond donors (Lipinski definition) is 1. The Balaban J connectivity index is 1.97. The van der Waals surface area contributed by atoms with E-state index in [1.54, 1.807) is 0 Å². The molecule has 94 valence electrons. The van der Waals surface area contributed by atoms with Crippen molar-refractivity contribution in [1.29, 1.82) is 0 Å². The number of aliphatic hydroxyl groups is 1. The average Bonchev–Trinajstić information content (AvgIpc) is 2.46. The first-order valence-corrected chi connectivity index (χ1v) is 6.72. The van der Waals surface area contributed by atoms with Gasteiger partial charge in [0.1, 0.15) is 0 Å². The molecule has 3 rings (SSSR count). The SMILES string of the molecule is OCN1CCCCC1c1ccc2ccccc2c1. The maximum Gasteiger partial charge on any atom is 0.0961 e. The van der Waals surface area contributed by atoms with Crippen LogP contribution in [0.25, 0.3) is 10.8 Å². The summed E-state index contributed by atoms with van der Waals surface area (Å²) in [6, 6.07) is 15.5. The Kier molecular flexibility index (Phi) is 3.31. The van der Waals surface area contributed by atoms with Gasteiger partial charge in [0.2, 0.25) is 0 Å². The molecule has 1 atom stereocenters. The standard InChI is InChI=1S/C16H19NO/c18-12-17-10-4-3-7-16(17)15-9-8-13-5-1-2-6-14(13)11-15/h1-2,5-6,8-9,11,16,18H,3-4,7,10,12H2. The van der Waals surface area contributed by atoms with Gasteiger partial charge in [-0.1, -0.05) is 42.8 Å². The van der Waals surface area contributed by atoms with Crippen LogP contribution < -0.4 is 0 Å². The lowest BCUT2D eigenvalue weighted by atomic mass is 9.94. The van der Waals surface area contributed by atoms with Crippen molar-refractivity contribution in [2.75, 3.05) is 13.3 Å². The monoisotopic (exact) mass is 241 g/mol. The van der Waals surface area contributed by atoms with Gasteiger partial charge in [-0.25, -0.2) is 0 Å². The topological polar surface area (TPSA) is 23.5 Å². The van der Waals surface area contributed by atoms with Crippen molar-refractivity contribution in [2.45, 2.75) is 25.3 Å². The second kappa shape index (κ2) is 5.09. The number of likely N-dealkylation sites (tertiary alicyclic amines) is 1. The minimum Gasteiger partial charge on any atom is -0.381 e. The van der Waals surface area contributed by atoms with E-state index in [9.17, 15) is 5.11 Å². The van der Waals surface area contributed by atoms with Gasteiger partial charge in [0.15, 0.2) is 0 Å². The van der Waals surface area contributed by atoms with Crippen LogP contribution in [0.15, 0.2) is 42.5 Å². The summed E-state index contributed by atoms with van der Waals surface area (Å²) in [5, 5.41) is 12.0. The van der Waals surface area contributed by atoms with Gasteiger partial charge in [-0.15, -0.1) is 0 Å². The fourth-order valence-corrected chi connectivity index (χ4v) is 2.95. The van der Waals surface area contributed by atoms with E-state index in [0.717, 1.165) is 13.0 Å². The van der Waals surface area contributed by atoms with Crippen LogP contribution in [-0.2, 0) is 0 Å². The highest BCUT2D eigenvalue weighted by Gasteiger charge is 2.22. The Bertz CT molecular complexity index is 537. The number of piperidine rings is 1. The first-order chi connectivity index (χ1) is 8.88. The fraction of sp³-hybridized carbons (Fsp3) is 0.375. The first-order valence-electron chi connectivity index (χ1n) is 6.72. The van der Waals surface area contributed by atoms with Crippen molar-refractivity contribution in [2.24, 2.45) is 0 Å². The third kappa shape index (κ3) is 2.14. The normalized spacial score (nSPS) is 21.3. The van der Waals surface area contributed by atoms with E-state index in [2.05, 4.69) is 47.4 Å². The molecule has 1 N–H and O–H groups in total. The van der Waals surface area contributed by atoms with Crippen molar-refractivity contribution in [1.82, 2.24) is 4.90 Å². The van der Waals surface area contributed by atoms with E-state index >= 15 is 0 Å². The molecule has 1 aliphatic heterocycles. The molecule has 0 radical (unpaired) electrons. The summed E-state index contributed by atoms with van der Waals surface area (Å²) in [6.45, 7) is 1.17. The van der Waals surface area contributed by atoms with Crippen LogP contribution in [0.1, 0.15) is 30.9 Å². The molecule has 2 aromatic carbocycles. The molecule has 1 saturated heterocycles. The van der Waals surface area contributed by atoms with Crippen LogP contribution >= 0.6 is 0 Å². The molecule has 0 amide bonds. The Morgan fingerprint density at radius 3 is 2.72 bits per heavy atom. The maximum atomic E-state index is 9.46. The molecule has 0 spiro atoms. The molecule has 2 nitrogen and oxygen atoms in total. The second-order valence-electron chi connectivity index (χ2n) is 5.07. The minimum absolute atomic E-state index is 0.164. The van der Waals surface area contributed by atoms with E-state index in [-0.39, 0.29) is 6.73 Å². The lowest BCUT2D eigenvalue weighted by molar-refractivity contribution is 0.0437. The molecule has 0 aliphatic carbocycles. The molecule has 18 heavy (non-hydrogen) atoms. The lowest BCUT2D eigenvalue weighted by Gasteiger charge is -2.34. The first kappa shape index (κ1) is 11.7. The maximum absolute atomic E-state index is 9.46.